The van der Waals surface area contributed by atoms with Gasteiger partial charge in [0.25, 0.3) is 0 Å². The standard InChI is InChI=1S/C23H36/c1-6-12-19(8-3)14-11-15-21-16-17-23(20(9-4)10-5)18-22(21)13-7-2/h9-10,16-19H,4,6-8,11-15H2,1-3,5H3. The van der Waals surface area contributed by atoms with Crippen molar-refractivity contribution in [1.82, 2.24) is 0 Å². The Morgan fingerprint density at radius 3 is 2.39 bits per heavy atom. The van der Waals surface area contributed by atoms with Gasteiger partial charge in [0, 0.05) is 0 Å². The van der Waals surface area contributed by atoms with Crippen molar-refractivity contribution in [2.24, 2.45) is 5.92 Å². The van der Waals surface area contributed by atoms with Gasteiger partial charge in [0.2, 0.25) is 0 Å². The average molecular weight is 313 g/mol. The molecule has 1 unspecified atom stereocenters. The molecule has 0 saturated carbocycles. The van der Waals surface area contributed by atoms with E-state index in [1.54, 1.807) is 5.56 Å². The van der Waals surface area contributed by atoms with Crippen molar-refractivity contribution in [2.75, 3.05) is 0 Å². The van der Waals surface area contributed by atoms with Gasteiger partial charge in [0.05, 0.1) is 0 Å². The number of benzene rings is 1. The second-order valence-electron chi connectivity index (χ2n) is 6.64. The van der Waals surface area contributed by atoms with Gasteiger partial charge in [-0.25, -0.2) is 0 Å². The van der Waals surface area contributed by atoms with Crippen molar-refractivity contribution in [2.45, 2.75) is 79.1 Å². The van der Waals surface area contributed by atoms with Gasteiger partial charge in [0.15, 0.2) is 0 Å². The maximum atomic E-state index is 3.93. The second kappa shape index (κ2) is 11.3. The van der Waals surface area contributed by atoms with Crippen LogP contribution in [0.4, 0.5) is 0 Å². The minimum absolute atomic E-state index is 0.921. The number of aryl methyl sites for hydroxylation is 2. The van der Waals surface area contributed by atoms with E-state index in [1.807, 2.05) is 6.08 Å². The van der Waals surface area contributed by atoms with Gasteiger partial charge in [-0.1, -0.05) is 89.8 Å². The normalized spacial score (nSPS) is 13.1. The summed E-state index contributed by atoms with van der Waals surface area (Å²) in [6.07, 6.45) is 14.5. The monoisotopic (exact) mass is 312 g/mol. The first kappa shape index (κ1) is 19.7. The van der Waals surface area contributed by atoms with Gasteiger partial charge in [-0.05, 0) is 54.4 Å². The van der Waals surface area contributed by atoms with Crippen LogP contribution in [0.25, 0.3) is 5.57 Å². The van der Waals surface area contributed by atoms with Gasteiger partial charge < -0.3 is 0 Å². The number of rotatable bonds is 11. The highest BCUT2D eigenvalue weighted by Crippen LogP contribution is 2.24. The predicted molar refractivity (Wildman–Crippen MR) is 106 cm³/mol. The SMILES string of the molecule is C=CC(=CC)c1ccc(CCCC(CC)CCC)c(CCC)c1. The minimum atomic E-state index is 0.921. The summed E-state index contributed by atoms with van der Waals surface area (Å²) < 4.78 is 0. The Hall–Kier alpha value is -1.30. The molecule has 1 aromatic carbocycles. The Balaban J connectivity index is 2.79. The molecule has 128 valence electrons. The molecule has 0 aliphatic rings. The lowest BCUT2D eigenvalue weighted by Gasteiger charge is -2.15. The molecule has 1 aromatic rings. The highest BCUT2D eigenvalue weighted by molar-refractivity contribution is 5.73. The fourth-order valence-corrected chi connectivity index (χ4v) is 3.50. The molecule has 0 heterocycles. The fourth-order valence-electron chi connectivity index (χ4n) is 3.50. The minimum Gasteiger partial charge on any atom is -0.0985 e. The molecule has 0 aliphatic carbocycles. The van der Waals surface area contributed by atoms with E-state index in [2.05, 4.69) is 58.5 Å². The Labute approximate surface area is 144 Å². The first-order valence-corrected chi connectivity index (χ1v) is 9.60. The smallest absolute Gasteiger partial charge is 0.0185 e. The molecule has 1 atom stereocenters. The Morgan fingerprint density at radius 1 is 1.04 bits per heavy atom. The van der Waals surface area contributed by atoms with Crippen LogP contribution in [0, 0.1) is 5.92 Å². The van der Waals surface area contributed by atoms with E-state index in [0.717, 1.165) is 5.92 Å². The van der Waals surface area contributed by atoms with E-state index >= 15 is 0 Å². The van der Waals surface area contributed by atoms with Crippen molar-refractivity contribution in [3.63, 3.8) is 0 Å². The molecule has 1 rings (SSSR count). The molecule has 0 amide bonds. The highest BCUT2D eigenvalue weighted by Gasteiger charge is 2.08. The maximum Gasteiger partial charge on any atom is -0.0185 e. The van der Waals surface area contributed by atoms with Gasteiger partial charge >= 0.3 is 0 Å². The maximum absolute atomic E-state index is 3.93. The summed E-state index contributed by atoms with van der Waals surface area (Å²) in [5, 5.41) is 0. The summed E-state index contributed by atoms with van der Waals surface area (Å²) in [6.45, 7) is 12.9. The van der Waals surface area contributed by atoms with E-state index in [-0.39, 0.29) is 0 Å². The van der Waals surface area contributed by atoms with Gasteiger partial charge in [0.1, 0.15) is 0 Å². The number of hydrogen-bond acceptors (Lipinski definition) is 0. The van der Waals surface area contributed by atoms with E-state index in [0.29, 0.717) is 0 Å². The molecule has 0 radical (unpaired) electrons. The first-order chi connectivity index (χ1) is 11.2. The molecule has 0 fully saturated rings. The van der Waals surface area contributed by atoms with Crippen molar-refractivity contribution < 1.29 is 0 Å². The molecule has 0 N–H and O–H groups in total. The summed E-state index contributed by atoms with van der Waals surface area (Å²) in [4.78, 5) is 0. The molecule has 0 spiro atoms. The summed E-state index contributed by atoms with van der Waals surface area (Å²) >= 11 is 0. The largest absolute Gasteiger partial charge is 0.0985 e. The lowest BCUT2D eigenvalue weighted by molar-refractivity contribution is 0.419. The van der Waals surface area contributed by atoms with E-state index in [4.69, 9.17) is 0 Å². The van der Waals surface area contributed by atoms with Crippen LogP contribution in [0.3, 0.4) is 0 Å². The zero-order chi connectivity index (χ0) is 17.1. The number of hydrogen-bond donors (Lipinski definition) is 0. The highest BCUT2D eigenvalue weighted by atomic mass is 14.1. The fraction of sp³-hybridized carbons (Fsp3) is 0.565. The molecule has 0 heteroatoms. The van der Waals surface area contributed by atoms with Crippen molar-refractivity contribution >= 4 is 5.57 Å². The Bertz CT molecular complexity index is 493. The zero-order valence-corrected chi connectivity index (χ0v) is 15.8. The van der Waals surface area contributed by atoms with Gasteiger partial charge in [-0.2, -0.15) is 0 Å². The third-order valence-corrected chi connectivity index (χ3v) is 4.92. The van der Waals surface area contributed by atoms with E-state index in [1.165, 1.54) is 68.1 Å². The van der Waals surface area contributed by atoms with Crippen molar-refractivity contribution in [3.8, 4) is 0 Å². The van der Waals surface area contributed by atoms with Crippen LogP contribution < -0.4 is 0 Å². The summed E-state index contributed by atoms with van der Waals surface area (Å²) in [6, 6.07) is 7.02. The lowest BCUT2D eigenvalue weighted by atomic mass is 9.90. The molecule has 0 bridgehead atoms. The van der Waals surface area contributed by atoms with E-state index in [9.17, 15) is 0 Å². The van der Waals surface area contributed by atoms with E-state index < -0.39 is 0 Å². The molecule has 0 aromatic heterocycles. The summed E-state index contributed by atoms with van der Waals surface area (Å²) in [5.74, 6) is 0.921. The zero-order valence-electron chi connectivity index (χ0n) is 15.8. The third kappa shape index (κ3) is 6.37. The quantitative estimate of drug-likeness (QED) is 0.374. The van der Waals surface area contributed by atoms with Crippen LogP contribution in [0.1, 0.15) is 82.9 Å². The van der Waals surface area contributed by atoms with Crippen LogP contribution in [-0.4, -0.2) is 0 Å². The van der Waals surface area contributed by atoms with Crippen LogP contribution >= 0.6 is 0 Å². The van der Waals surface area contributed by atoms with Crippen LogP contribution in [0.15, 0.2) is 36.9 Å². The average Bonchev–Trinajstić information content (AvgIpc) is 2.57. The Morgan fingerprint density at radius 2 is 1.83 bits per heavy atom. The topological polar surface area (TPSA) is 0 Å². The molecule has 0 aliphatic heterocycles. The van der Waals surface area contributed by atoms with Crippen LogP contribution in [0.5, 0.6) is 0 Å². The second-order valence-corrected chi connectivity index (χ2v) is 6.64. The van der Waals surface area contributed by atoms with Crippen LogP contribution in [0.2, 0.25) is 0 Å². The summed E-state index contributed by atoms with van der Waals surface area (Å²) in [7, 11) is 0. The van der Waals surface area contributed by atoms with Gasteiger partial charge in [-0.15, -0.1) is 0 Å². The van der Waals surface area contributed by atoms with Gasteiger partial charge in [-0.3, -0.25) is 0 Å². The van der Waals surface area contributed by atoms with Crippen LogP contribution in [-0.2, 0) is 12.8 Å². The van der Waals surface area contributed by atoms with Crippen molar-refractivity contribution in [3.05, 3.63) is 53.6 Å². The Kier molecular flexibility index (Phi) is 9.67. The third-order valence-electron chi connectivity index (χ3n) is 4.92. The lowest BCUT2D eigenvalue weighted by Crippen LogP contribution is -2.01. The molecule has 0 saturated heterocycles. The predicted octanol–water partition coefficient (Wildman–Crippen LogP) is 7.38. The summed E-state index contributed by atoms with van der Waals surface area (Å²) in [5.41, 5.74) is 5.64. The molecule has 0 nitrogen and oxygen atoms in total. The number of allylic oxidation sites excluding steroid dienone is 3. The van der Waals surface area contributed by atoms with Crippen molar-refractivity contribution in [1.29, 1.82) is 0 Å². The first-order valence-electron chi connectivity index (χ1n) is 9.60. The molecular formula is C23H36. The molecular weight excluding hydrogens is 276 g/mol. The molecule has 23 heavy (non-hydrogen) atoms.